The molecule has 0 fully saturated rings. The zero-order valence-corrected chi connectivity index (χ0v) is 18.4. The molecule has 1 aliphatic heterocycles. The average Bonchev–Trinajstić information content (AvgIpc) is 2.69. The molecular weight excluding hydrogens is 439 g/mol. The van der Waals surface area contributed by atoms with Crippen LogP contribution in [0.25, 0.3) is 0 Å². The smallest absolute Gasteiger partial charge is 0.343 e. The van der Waals surface area contributed by atoms with Crippen LogP contribution < -0.4 is 10.9 Å². The van der Waals surface area contributed by atoms with Crippen LogP contribution >= 0.6 is 11.8 Å². The zero-order valence-electron chi connectivity index (χ0n) is 17.6. The number of benzene rings is 1. The monoisotopic (exact) mass is 461 g/mol. The van der Waals surface area contributed by atoms with Crippen LogP contribution in [-0.4, -0.2) is 21.5 Å². The topological polar surface area (TPSA) is 74.8 Å². The van der Waals surface area contributed by atoms with Gasteiger partial charge in [-0.25, -0.2) is 4.98 Å². The van der Waals surface area contributed by atoms with Gasteiger partial charge in [0.25, 0.3) is 5.56 Å². The maximum Gasteiger partial charge on any atom is 0.416 e. The Bertz CT molecular complexity index is 1200. The van der Waals surface area contributed by atoms with Crippen molar-refractivity contribution in [2.45, 2.75) is 43.9 Å². The second-order valence-electron chi connectivity index (χ2n) is 8.71. The van der Waals surface area contributed by atoms with Crippen LogP contribution in [0.2, 0.25) is 0 Å². The molecule has 1 aromatic carbocycles. The summed E-state index contributed by atoms with van der Waals surface area (Å²) in [6.07, 6.45) is -2.34. The molecule has 1 aliphatic carbocycles. The van der Waals surface area contributed by atoms with Gasteiger partial charge in [0.1, 0.15) is 5.82 Å². The maximum absolute atomic E-state index is 13.9. The van der Waals surface area contributed by atoms with E-state index in [1.807, 2.05) is 13.8 Å². The van der Waals surface area contributed by atoms with E-state index in [-0.39, 0.29) is 40.1 Å². The minimum atomic E-state index is -4.64. The van der Waals surface area contributed by atoms with Gasteiger partial charge in [0.2, 0.25) is 0 Å². The average molecular weight is 462 g/mol. The summed E-state index contributed by atoms with van der Waals surface area (Å²) in [6.45, 7) is 7.50. The number of halogens is 3. The van der Waals surface area contributed by atoms with E-state index in [1.165, 1.54) is 30.0 Å². The molecule has 1 aromatic heterocycles. The van der Waals surface area contributed by atoms with Crippen LogP contribution in [0, 0.1) is 5.41 Å². The Hall–Kier alpha value is -2.81. The molecule has 1 atom stereocenters. The van der Waals surface area contributed by atoms with Crippen LogP contribution in [0.3, 0.4) is 0 Å². The summed E-state index contributed by atoms with van der Waals surface area (Å²) in [5.41, 5.74) is -1.16. The highest BCUT2D eigenvalue weighted by atomic mass is 32.2. The molecule has 4 rings (SSSR count). The van der Waals surface area contributed by atoms with Crippen molar-refractivity contribution in [2.24, 2.45) is 5.41 Å². The summed E-state index contributed by atoms with van der Waals surface area (Å²) in [6, 6.07) is 5.09. The lowest BCUT2D eigenvalue weighted by atomic mass is 9.69. The number of aromatic nitrogens is 2. The predicted octanol–water partition coefficient (Wildman–Crippen LogP) is 5.27. The Kier molecular flexibility index (Phi) is 5.56. The van der Waals surface area contributed by atoms with E-state index in [2.05, 4.69) is 21.9 Å². The van der Waals surface area contributed by atoms with Gasteiger partial charge in [0.15, 0.2) is 10.9 Å². The van der Waals surface area contributed by atoms with E-state index >= 15 is 0 Å². The van der Waals surface area contributed by atoms with Crippen molar-refractivity contribution in [1.29, 1.82) is 0 Å². The number of aromatic amines is 1. The van der Waals surface area contributed by atoms with E-state index in [4.69, 9.17) is 0 Å². The number of H-pyrrole nitrogens is 1. The van der Waals surface area contributed by atoms with Crippen molar-refractivity contribution < 1.29 is 18.0 Å². The number of nitrogens with zero attached hydrogens (tertiary/aromatic N) is 1. The maximum atomic E-state index is 13.9. The molecule has 0 amide bonds. The second-order valence-corrected chi connectivity index (χ2v) is 9.72. The van der Waals surface area contributed by atoms with E-state index in [1.54, 1.807) is 6.08 Å². The first-order valence-electron chi connectivity index (χ1n) is 10.1. The quantitative estimate of drug-likeness (QED) is 0.369. The number of alkyl halides is 3. The molecule has 32 heavy (non-hydrogen) atoms. The van der Waals surface area contributed by atoms with Gasteiger partial charge in [0.05, 0.1) is 11.1 Å². The lowest BCUT2D eigenvalue weighted by Crippen LogP contribution is -2.37. The van der Waals surface area contributed by atoms with Gasteiger partial charge >= 0.3 is 6.18 Å². The fourth-order valence-electron chi connectivity index (χ4n) is 4.42. The summed E-state index contributed by atoms with van der Waals surface area (Å²) in [7, 11) is 0. The molecule has 0 bridgehead atoms. The molecular formula is C23H22F3N3O2S. The van der Waals surface area contributed by atoms with Gasteiger partial charge in [-0.2, -0.15) is 13.2 Å². The number of allylic oxidation sites excluding steroid dienone is 2. The number of Topliss-reactive ketones (excluding diaryl/α,β-unsaturated/α-hetero) is 1. The minimum Gasteiger partial charge on any atom is -0.343 e. The number of hydrogen-bond acceptors (Lipinski definition) is 5. The number of carbonyl (C=O) groups is 1. The molecule has 2 N–H and O–H groups in total. The molecule has 168 valence electrons. The molecule has 9 heteroatoms. The Morgan fingerprint density at radius 3 is 2.66 bits per heavy atom. The Morgan fingerprint density at radius 2 is 1.97 bits per heavy atom. The third-order valence-corrected chi connectivity index (χ3v) is 6.48. The third kappa shape index (κ3) is 4.01. The first kappa shape index (κ1) is 22.4. The van der Waals surface area contributed by atoms with Crippen LogP contribution in [0.1, 0.15) is 49.3 Å². The van der Waals surface area contributed by atoms with E-state index in [0.29, 0.717) is 23.0 Å². The molecule has 2 aliphatic rings. The van der Waals surface area contributed by atoms with Crippen LogP contribution in [0.15, 0.2) is 58.1 Å². The van der Waals surface area contributed by atoms with Gasteiger partial charge in [-0.1, -0.05) is 49.9 Å². The first-order valence-corrected chi connectivity index (χ1v) is 11.1. The molecule has 2 aromatic rings. The van der Waals surface area contributed by atoms with Gasteiger partial charge in [0, 0.05) is 29.4 Å². The van der Waals surface area contributed by atoms with Gasteiger partial charge < -0.3 is 10.3 Å². The Morgan fingerprint density at radius 1 is 1.25 bits per heavy atom. The van der Waals surface area contributed by atoms with Crippen molar-refractivity contribution in [3.05, 3.63) is 75.2 Å². The Labute approximate surface area is 187 Å². The summed E-state index contributed by atoms with van der Waals surface area (Å²) in [5.74, 6) is -0.730. The standard InChI is InChI=1S/C23H22F3N3O2S/c1-4-9-32-21-28-19-18(20(31)29-21)16(12-7-5-6-8-13(12)23(24,25)26)17-14(27-19)10-22(2,3)11-15(17)30/h4-8,16H,1,9-11H2,2-3H3,(H2,27,28,29,31). The van der Waals surface area contributed by atoms with Crippen molar-refractivity contribution in [3.63, 3.8) is 0 Å². The molecule has 0 spiro atoms. The van der Waals surface area contributed by atoms with Gasteiger partial charge in [-0.3, -0.25) is 9.59 Å². The van der Waals surface area contributed by atoms with Crippen molar-refractivity contribution in [3.8, 4) is 0 Å². The highest BCUT2D eigenvalue weighted by Gasteiger charge is 2.45. The number of anilines is 1. The summed E-state index contributed by atoms with van der Waals surface area (Å²) >= 11 is 1.25. The number of hydrogen-bond donors (Lipinski definition) is 2. The van der Waals surface area contributed by atoms with Gasteiger partial charge in [-0.15, -0.1) is 6.58 Å². The van der Waals surface area contributed by atoms with E-state index in [9.17, 15) is 22.8 Å². The summed E-state index contributed by atoms with van der Waals surface area (Å²) in [4.78, 5) is 33.4. The lowest BCUT2D eigenvalue weighted by Gasteiger charge is -2.39. The molecule has 0 saturated heterocycles. The van der Waals surface area contributed by atoms with Crippen molar-refractivity contribution in [2.75, 3.05) is 11.1 Å². The third-order valence-electron chi connectivity index (χ3n) is 5.62. The number of thioether (sulfide) groups is 1. The van der Waals surface area contributed by atoms with Crippen molar-refractivity contribution in [1.82, 2.24) is 9.97 Å². The number of ketones is 1. The highest BCUT2D eigenvalue weighted by Crippen LogP contribution is 2.49. The number of carbonyl (C=O) groups excluding carboxylic acids is 1. The van der Waals surface area contributed by atoms with Crippen LogP contribution in [0.4, 0.5) is 19.0 Å². The SMILES string of the molecule is C=CCSc1nc2c(c(=O)[nH]1)C(c1ccccc1C(F)(F)F)C1=C(CC(C)(C)CC1=O)N2. The van der Waals surface area contributed by atoms with Gasteiger partial charge in [-0.05, 0) is 23.5 Å². The fourth-order valence-corrected chi connectivity index (χ4v) is 5.01. The van der Waals surface area contributed by atoms with Crippen LogP contribution in [0.5, 0.6) is 0 Å². The summed E-state index contributed by atoms with van der Waals surface area (Å²) < 4.78 is 41.7. The molecule has 2 heterocycles. The highest BCUT2D eigenvalue weighted by molar-refractivity contribution is 7.99. The molecule has 0 saturated carbocycles. The second kappa shape index (κ2) is 7.95. The molecule has 1 unspecified atom stereocenters. The minimum absolute atomic E-state index is 0.0245. The number of rotatable bonds is 4. The zero-order chi connectivity index (χ0) is 23.3. The molecule has 0 radical (unpaired) electrons. The summed E-state index contributed by atoms with van der Waals surface area (Å²) in [5, 5.41) is 3.44. The number of fused-ring (bicyclic) bond motifs is 1. The lowest BCUT2D eigenvalue weighted by molar-refractivity contribution is -0.138. The van der Waals surface area contributed by atoms with Crippen molar-refractivity contribution >= 4 is 23.4 Å². The first-order chi connectivity index (χ1) is 15.0. The fraction of sp³-hybridized carbons (Fsp3) is 0.348. The largest absolute Gasteiger partial charge is 0.416 e. The number of nitrogens with one attached hydrogen (secondary N) is 2. The predicted molar refractivity (Wildman–Crippen MR) is 118 cm³/mol. The Balaban J connectivity index is 1.99. The van der Waals surface area contributed by atoms with E-state index < -0.39 is 23.2 Å². The van der Waals surface area contributed by atoms with E-state index in [0.717, 1.165) is 6.07 Å². The normalized spacial score (nSPS) is 19.8. The van der Waals surface area contributed by atoms with Crippen LogP contribution in [-0.2, 0) is 11.0 Å². The molecule has 5 nitrogen and oxygen atoms in total.